The van der Waals surface area contributed by atoms with Crippen LogP contribution in [-0.4, -0.2) is 18.3 Å². The maximum Gasteiger partial charge on any atom is 0.119 e. The van der Waals surface area contributed by atoms with E-state index in [1.54, 1.807) is 0 Å². The second kappa shape index (κ2) is 9.40. The summed E-state index contributed by atoms with van der Waals surface area (Å²) in [4.78, 5) is 0. The second-order valence-electron chi connectivity index (χ2n) is 4.82. The smallest absolute Gasteiger partial charge is 0.119 e. The summed E-state index contributed by atoms with van der Waals surface area (Å²) in [5.41, 5.74) is 3.61. The van der Waals surface area contributed by atoms with Gasteiger partial charge >= 0.3 is 0 Å². The molecule has 0 aliphatic heterocycles. The van der Waals surface area contributed by atoms with E-state index in [2.05, 4.69) is 36.5 Å². The number of hydrogen-bond acceptors (Lipinski definition) is 3. The third kappa shape index (κ3) is 6.17. The first-order valence-corrected chi connectivity index (χ1v) is 6.87. The largest absolute Gasteiger partial charge is 0.489 e. The number of hydrogen-bond donors (Lipinski definition) is 2. The van der Waals surface area contributed by atoms with Gasteiger partial charge in [0.05, 0.1) is 6.61 Å². The molecule has 0 amide bonds. The molecule has 0 heterocycles. The van der Waals surface area contributed by atoms with Gasteiger partial charge in [-0.15, -0.1) is 12.4 Å². The first kappa shape index (κ1) is 17.5. The fraction of sp³-hybridized carbons (Fsp3) is 0.294. The zero-order valence-corrected chi connectivity index (χ0v) is 13.0. The lowest BCUT2D eigenvalue weighted by Crippen LogP contribution is -2.17. The molecule has 0 fully saturated rings. The molecule has 0 saturated carbocycles. The van der Waals surface area contributed by atoms with Crippen molar-refractivity contribution in [3.05, 3.63) is 65.2 Å². The van der Waals surface area contributed by atoms with E-state index in [1.165, 1.54) is 16.7 Å². The number of nitrogens with one attached hydrogen (secondary N) is 1. The zero-order chi connectivity index (χ0) is 14.2. The van der Waals surface area contributed by atoms with Gasteiger partial charge in [0, 0.05) is 13.1 Å². The molecule has 0 saturated heterocycles. The van der Waals surface area contributed by atoms with Crippen LogP contribution in [0.25, 0.3) is 0 Å². The molecule has 2 aromatic carbocycles. The number of aliphatic hydroxyl groups is 1. The van der Waals surface area contributed by atoms with E-state index < -0.39 is 0 Å². The van der Waals surface area contributed by atoms with Crippen LogP contribution >= 0.6 is 12.4 Å². The number of ether oxygens (including phenoxy) is 1. The molecule has 2 aromatic rings. The fourth-order valence-electron chi connectivity index (χ4n) is 1.87. The van der Waals surface area contributed by atoms with E-state index in [1.807, 2.05) is 24.3 Å². The normalized spacial score (nSPS) is 10.0. The van der Waals surface area contributed by atoms with Gasteiger partial charge in [-0.2, -0.15) is 0 Å². The van der Waals surface area contributed by atoms with Gasteiger partial charge in [-0.05, 0) is 30.2 Å². The molecule has 3 nitrogen and oxygen atoms in total. The van der Waals surface area contributed by atoms with Crippen molar-refractivity contribution in [1.82, 2.24) is 5.32 Å². The lowest BCUT2D eigenvalue weighted by molar-refractivity contribution is 0.292. The summed E-state index contributed by atoms with van der Waals surface area (Å²) in [6.45, 7) is 4.21. The van der Waals surface area contributed by atoms with Gasteiger partial charge < -0.3 is 15.2 Å². The molecular weight excluding hydrogens is 286 g/mol. The number of benzene rings is 2. The van der Waals surface area contributed by atoms with Gasteiger partial charge in [-0.25, -0.2) is 0 Å². The number of aliphatic hydroxyl groups excluding tert-OH is 1. The highest BCUT2D eigenvalue weighted by Crippen LogP contribution is 2.14. The standard InChI is InChI=1S/C17H21NO2.ClH/c1-14-2-4-16(5-3-14)13-20-17-8-6-15(7-9-17)12-18-10-11-19;/h2-9,18-19H,10-13H2,1H3;1H. The zero-order valence-electron chi connectivity index (χ0n) is 12.2. The molecule has 2 N–H and O–H groups in total. The SMILES string of the molecule is Cc1ccc(COc2ccc(CNCCO)cc2)cc1.Cl. The lowest BCUT2D eigenvalue weighted by Gasteiger charge is -2.08. The van der Waals surface area contributed by atoms with Crippen LogP contribution in [-0.2, 0) is 13.2 Å². The summed E-state index contributed by atoms with van der Waals surface area (Å²) in [5.74, 6) is 0.872. The Morgan fingerprint density at radius 1 is 0.952 bits per heavy atom. The average molecular weight is 308 g/mol. The summed E-state index contributed by atoms with van der Waals surface area (Å²) in [7, 11) is 0. The monoisotopic (exact) mass is 307 g/mol. The van der Waals surface area contributed by atoms with Crippen molar-refractivity contribution >= 4 is 12.4 Å². The number of aryl methyl sites for hydroxylation is 1. The van der Waals surface area contributed by atoms with Crippen LogP contribution in [0.4, 0.5) is 0 Å². The first-order valence-electron chi connectivity index (χ1n) is 6.87. The van der Waals surface area contributed by atoms with Gasteiger partial charge in [0.15, 0.2) is 0 Å². The minimum absolute atomic E-state index is 0. The Morgan fingerprint density at radius 3 is 2.19 bits per heavy atom. The maximum atomic E-state index is 8.70. The highest BCUT2D eigenvalue weighted by molar-refractivity contribution is 5.85. The summed E-state index contributed by atoms with van der Waals surface area (Å²) < 4.78 is 5.75. The van der Waals surface area contributed by atoms with Crippen LogP contribution in [0, 0.1) is 6.92 Å². The van der Waals surface area contributed by atoms with Crippen LogP contribution < -0.4 is 10.1 Å². The van der Waals surface area contributed by atoms with E-state index >= 15 is 0 Å². The van der Waals surface area contributed by atoms with Crippen molar-refractivity contribution in [3.8, 4) is 5.75 Å². The van der Waals surface area contributed by atoms with E-state index in [0.717, 1.165) is 12.3 Å². The van der Waals surface area contributed by atoms with Crippen molar-refractivity contribution in [2.75, 3.05) is 13.2 Å². The molecule has 0 spiro atoms. The van der Waals surface area contributed by atoms with Crippen molar-refractivity contribution in [2.24, 2.45) is 0 Å². The van der Waals surface area contributed by atoms with E-state index in [4.69, 9.17) is 9.84 Å². The summed E-state index contributed by atoms with van der Waals surface area (Å²) in [6.07, 6.45) is 0. The van der Waals surface area contributed by atoms with Gasteiger partial charge in [0.25, 0.3) is 0 Å². The van der Waals surface area contributed by atoms with Crippen LogP contribution in [0.2, 0.25) is 0 Å². The Hall–Kier alpha value is -1.55. The summed E-state index contributed by atoms with van der Waals surface area (Å²) in [5, 5.41) is 11.8. The summed E-state index contributed by atoms with van der Waals surface area (Å²) in [6, 6.07) is 16.4. The van der Waals surface area contributed by atoms with Gasteiger partial charge in [-0.1, -0.05) is 42.0 Å². The predicted octanol–water partition coefficient (Wildman–Crippen LogP) is 3.08. The molecular formula is C17H22ClNO2. The highest BCUT2D eigenvalue weighted by atomic mass is 35.5. The molecule has 0 aliphatic rings. The van der Waals surface area contributed by atoms with E-state index in [0.29, 0.717) is 13.2 Å². The van der Waals surface area contributed by atoms with Crippen LogP contribution in [0.3, 0.4) is 0 Å². The molecule has 0 aliphatic carbocycles. The molecule has 114 valence electrons. The molecule has 0 unspecified atom stereocenters. The molecule has 0 aromatic heterocycles. The minimum Gasteiger partial charge on any atom is -0.489 e. The molecule has 2 rings (SSSR count). The Labute approximate surface area is 132 Å². The Morgan fingerprint density at radius 2 is 1.57 bits per heavy atom. The topological polar surface area (TPSA) is 41.5 Å². The van der Waals surface area contributed by atoms with Crippen molar-refractivity contribution < 1.29 is 9.84 Å². The first-order chi connectivity index (χ1) is 9.78. The molecule has 0 bridgehead atoms. The Kier molecular flexibility index (Phi) is 7.83. The quantitative estimate of drug-likeness (QED) is 0.772. The molecule has 21 heavy (non-hydrogen) atoms. The lowest BCUT2D eigenvalue weighted by atomic mass is 10.2. The van der Waals surface area contributed by atoms with Gasteiger partial charge in [0.2, 0.25) is 0 Å². The fourth-order valence-corrected chi connectivity index (χ4v) is 1.87. The third-order valence-electron chi connectivity index (χ3n) is 3.07. The second-order valence-corrected chi connectivity index (χ2v) is 4.82. The maximum absolute atomic E-state index is 8.70. The van der Waals surface area contributed by atoms with E-state index in [9.17, 15) is 0 Å². The molecule has 0 atom stereocenters. The highest BCUT2D eigenvalue weighted by Gasteiger charge is 1.97. The minimum atomic E-state index is 0. The van der Waals surface area contributed by atoms with Gasteiger partial charge in [-0.3, -0.25) is 0 Å². The number of rotatable bonds is 7. The van der Waals surface area contributed by atoms with Crippen molar-refractivity contribution in [1.29, 1.82) is 0 Å². The van der Waals surface area contributed by atoms with E-state index in [-0.39, 0.29) is 19.0 Å². The Bertz CT molecular complexity index is 511. The van der Waals surface area contributed by atoms with Crippen molar-refractivity contribution in [2.45, 2.75) is 20.1 Å². The van der Waals surface area contributed by atoms with Crippen LogP contribution in [0.15, 0.2) is 48.5 Å². The van der Waals surface area contributed by atoms with Crippen LogP contribution in [0.1, 0.15) is 16.7 Å². The average Bonchev–Trinajstić information content (AvgIpc) is 2.48. The summed E-state index contributed by atoms with van der Waals surface area (Å²) >= 11 is 0. The predicted molar refractivity (Wildman–Crippen MR) is 88.0 cm³/mol. The van der Waals surface area contributed by atoms with Gasteiger partial charge in [0.1, 0.15) is 12.4 Å². The number of halogens is 1. The molecule has 4 heteroatoms. The van der Waals surface area contributed by atoms with Crippen LogP contribution in [0.5, 0.6) is 5.75 Å². The third-order valence-corrected chi connectivity index (χ3v) is 3.07. The Balaban J connectivity index is 0.00000220. The molecule has 0 radical (unpaired) electrons. The van der Waals surface area contributed by atoms with Crippen molar-refractivity contribution in [3.63, 3.8) is 0 Å².